The minimum atomic E-state index is -0.711. The standard InChI is InChI=1S/C13H18F2N2O/c1-4-13(2,3)17-12(18)8-16-11-6-5-9(14)7-10(11)15/h5-7,16H,4,8H2,1-3H3,(H,17,18). The fourth-order valence-electron chi connectivity index (χ4n) is 1.32. The highest BCUT2D eigenvalue weighted by Gasteiger charge is 2.17. The molecule has 0 aromatic heterocycles. The third-order valence-electron chi connectivity index (χ3n) is 2.73. The summed E-state index contributed by atoms with van der Waals surface area (Å²) in [5, 5.41) is 5.44. The molecule has 0 unspecified atom stereocenters. The molecule has 18 heavy (non-hydrogen) atoms. The molecule has 2 N–H and O–H groups in total. The number of nitrogens with one attached hydrogen (secondary N) is 2. The molecule has 0 spiro atoms. The molecule has 5 heteroatoms. The van der Waals surface area contributed by atoms with E-state index in [2.05, 4.69) is 10.6 Å². The van der Waals surface area contributed by atoms with Gasteiger partial charge in [0.05, 0.1) is 12.2 Å². The lowest BCUT2D eigenvalue weighted by molar-refractivity contribution is -0.121. The van der Waals surface area contributed by atoms with Gasteiger partial charge in [-0.05, 0) is 32.4 Å². The minimum absolute atomic E-state index is 0.0496. The number of halogens is 2. The monoisotopic (exact) mass is 256 g/mol. The zero-order chi connectivity index (χ0) is 13.8. The van der Waals surface area contributed by atoms with Gasteiger partial charge in [-0.3, -0.25) is 4.79 Å². The zero-order valence-electron chi connectivity index (χ0n) is 10.8. The van der Waals surface area contributed by atoms with Crippen LogP contribution in [-0.2, 0) is 4.79 Å². The highest BCUT2D eigenvalue weighted by atomic mass is 19.1. The van der Waals surface area contributed by atoms with Gasteiger partial charge in [0.2, 0.25) is 5.91 Å². The van der Waals surface area contributed by atoms with Gasteiger partial charge < -0.3 is 10.6 Å². The average Bonchev–Trinajstić information content (AvgIpc) is 2.27. The van der Waals surface area contributed by atoms with Gasteiger partial charge in [0, 0.05) is 11.6 Å². The van der Waals surface area contributed by atoms with Crippen LogP contribution in [0.3, 0.4) is 0 Å². The summed E-state index contributed by atoms with van der Waals surface area (Å²) in [5.41, 5.74) is -0.180. The average molecular weight is 256 g/mol. The maximum Gasteiger partial charge on any atom is 0.239 e. The molecule has 0 radical (unpaired) electrons. The predicted molar refractivity (Wildman–Crippen MR) is 67.4 cm³/mol. The Hall–Kier alpha value is -1.65. The lowest BCUT2D eigenvalue weighted by atomic mass is 10.0. The third kappa shape index (κ3) is 4.31. The van der Waals surface area contributed by atoms with Crippen LogP contribution in [0, 0.1) is 11.6 Å². The Balaban J connectivity index is 2.53. The SMILES string of the molecule is CCC(C)(C)NC(=O)CNc1ccc(F)cc1F. The Morgan fingerprint density at radius 3 is 2.56 bits per heavy atom. The number of anilines is 1. The van der Waals surface area contributed by atoms with Crippen molar-refractivity contribution in [3.05, 3.63) is 29.8 Å². The van der Waals surface area contributed by atoms with Crippen molar-refractivity contribution in [1.82, 2.24) is 5.32 Å². The van der Waals surface area contributed by atoms with Crippen LogP contribution in [0.25, 0.3) is 0 Å². The summed E-state index contributed by atoms with van der Waals surface area (Å²) in [4.78, 5) is 11.6. The smallest absolute Gasteiger partial charge is 0.239 e. The van der Waals surface area contributed by atoms with E-state index in [0.29, 0.717) is 0 Å². The molecule has 0 aliphatic carbocycles. The van der Waals surface area contributed by atoms with Crippen LogP contribution in [0.15, 0.2) is 18.2 Å². The van der Waals surface area contributed by atoms with Gasteiger partial charge in [0.15, 0.2) is 0 Å². The second-order valence-electron chi connectivity index (χ2n) is 4.76. The molecule has 3 nitrogen and oxygen atoms in total. The third-order valence-corrected chi connectivity index (χ3v) is 2.73. The maximum absolute atomic E-state index is 13.3. The summed E-state index contributed by atoms with van der Waals surface area (Å²) in [6.45, 7) is 5.73. The largest absolute Gasteiger partial charge is 0.374 e. The Morgan fingerprint density at radius 1 is 1.33 bits per heavy atom. The van der Waals surface area contributed by atoms with Gasteiger partial charge in [-0.2, -0.15) is 0 Å². The number of hydrogen-bond acceptors (Lipinski definition) is 2. The fourth-order valence-corrected chi connectivity index (χ4v) is 1.32. The maximum atomic E-state index is 13.3. The highest BCUT2D eigenvalue weighted by molar-refractivity contribution is 5.81. The first-order chi connectivity index (χ1) is 8.34. The molecule has 0 aliphatic heterocycles. The van der Waals surface area contributed by atoms with Crippen LogP contribution in [0.2, 0.25) is 0 Å². The second kappa shape index (κ2) is 5.80. The van der Waals surface area contributed by atoms with Crippen molar-refractivity contribution in [1.29, 1.82) is 0 Å². The lowest BCUT2D eigenvalue weighted by Crippen LogP contribution is -2.45. The molecular formula is C13H18F2N2O. The van der Waals surface area contributed by atoms with Crippen LogP contribution in [0.5, 0.6) is 0 Å². The van der Waals surface area contributed by atoms with Gasteiger partial charge in [-0.15, -0.1) is 0 Å². The summed E-state index contributed by atoms with van der Waals surface area (Å²) in [5.74, 6) is -1.59. The Bertz CT molecular complexity index is 433. The minimum Gasteiger partial charge on any atom is -0.374 e. The molecule has 1 aromatic rings. The van der Waals surface area contributed by atoms with Crippen molar-refractivity contribution in [2.45, 2.75) is 32.7 Å². The van der Waals surface area contributed by atoms with Crippen molar-refractivity contribution in [2.75, 3.05) is 11.9 Å². The second-order valence-corrected chi connectivity index (χ2v) is 4.76. The molecule has 1 aromatic carbocycles. The topological polar surface area (TPSA) is 41.1 Å². The lowest BCUT2D eigenvalue weighted by Gasteiger charge is -2.24. The van der Waals surface area contributed by atoms with Gasteiger partial charge in [0.25, 0.3) is 0 Å². The molecule has 0 saturated heterocycles. The predicted octanol–water partition coefficient (Wildman–Crippen LogP) is 2.68. The summed E-state index contributed by atoms with van der Waals surface area (Å²) in [6.07, 6.45) is 0.795. The van der Waals surface area contributed by atoms with Crippen LogP contribution in [0.4, 0.5) is 14.5 Å². The van der Waals surface area contributed by atoms with Crippen molar-refractivity contribution < 1.29 is 13.6 Å². The summed E-state index contributed by atoms with van der Waals surface area (Å²) in [6, 6.07) is 3.18. The van der Waals surface area contributed by atoms with E-state index >= 15 is 0 Å². The van der Waals surface area contributed by atoms with Crippen LogP contribution in [-0.4, -0.2) is 18.0 Å². The van der Waals surface area contributed by atoms with E-state index in [-0.39, 0.29) is 23.7 Å². The molecule has 0 atom stereocenters. The number of rotatable bonds is 5. The highest BCUT2D eigenvalue weighted by Crippen LogP contribution is 2.14. The fraction of sp³-hybridized carbons (Fsp3) is 0.462. The van der Waals surface area contributed by atoms with E-state index in [0.717, 1.165) is 18.6 Å². The van der Waals surface area contributed by atoms with Gasteiger partial charge in [-0.25, -0.2) is 8.78 Å². The molecule has 1 rings (SSSR count). The van der Waals surface area contributed by atoms with Gasteiger partial charge >= 0.3 is 0 Å². The van der Waals surface area contributed by atoms with Crippen LogP contribution < -0.4 is 10.6 Å². The summed E-state index contributed by atoms with van der Waals surface area (Å²) < 4.78 is 25.9. The normalized spacial score (nSPS) is 11.2. The first-order valence-electron chi connectivity index (χ1n) is 5.84. The first kappa shape index (κ1) is 14.4. The number of benzene rings is 1. The molecule has 0 aliphatic rings. The first-order valence-corrected chi connectivity index (χ1v) is 5.84. The molecule has 1 amide bonds. The Kier molecular flexibility index (Phi) is 4.64. The van der Waals surface area contributed by atoms with Crippen molar-refractivity contribution in [2.24, 2.45) is 0 Å². The molecule has 0 saturated carbocycles. The van der Waals surface area contributed by atoms with Crippen LogP contribution in [0.1, 0.15) is 27.2 Å². The summed E-state index contributed by atoms with van der Waals surface area (Å²) >= 11 is 0. The number of carbonyl (C=O) groups is 1. The number of carbonyl (C=O) groups excluding carboxylic acids is 1. The van der Waals surface area contributed by atoms with Gasteiger partial charge in [-0.1, -0.05) is 6.92 Å². The van der Waals surface area contributed by atoms with Crippen molar-refractivity contribution in [3.63, 3.8) is 0 Å². The molecular weight excluding hydrogens is 238 g/mol. The van der Waals surface area contributed by atoms with Crippen molar-refractivity contribution in [3.8, 4) is 0 Å². The van der Waals surface area contributed by atoms with E-state index in [1.165, 1.54) is 6.07 Å². The molecule has 0 bridgehead atoms. The van der Waals surface area contributed by atoms with E-state index in [9.17, 15) is 13.6 Å². The number of amides is 1. The Morgan fingerprint density at radius 2 is 2.00 bits per heavy atom. The van der Waals surface area contributed by atoms with Gasteiger partial charge in [0.1, 0.15) is 11.6 Å². The van der Waals surface area contributed by atoms with E-state index < -0.39 is 11.6 Å². The molecule has 100 valence electrons. The number of hydrogen-bond donors (Lipinski definition) is 2. The van der Waals surface area contributed by atoms with E-state index in [1.807, 2.05) is 20.8 Å². The van der Waals surface area contributed by atoms with E-state index in [4.69, 9.17) is 0 Å². The van der Waals surface area contributed by atoms with Crippen LogP contribution >= 0.6 is 0 Å². The van der Waals surface area contributed by atoms with Crippen molar-refractivity contribution >= 4 is 11.6 Å². The molecule has 0 heterocycles. The van der Waals surface area contributed by atoms with E-state index in [1.54, 1.807) is 0 Å². The Labute approximate surface area is 106 Å². The zero-order valence-corrected chi connectivity index (χ0v) is 10.8. The quantitative estimate of drug-likeness (QED) is 0.850. The summed E-state index contributed by atoms with van der Waals surface area (Å²) in [7, 11) is 0. The molecule has 0 fully saturated rings.